The van der Waals surface area contributed by atoms with Crippen LogP contribution in [0.2, 0.25) is 0 Å². The van der Waals surface area contributed by atoms with Gasteiger partial charge in [0.05, 0.1) is 11.3 Å². The van der Waals surface area contributed by atoms with Crippen molar-refractivity contribution in [1.29, 1.82) is 0 Å². The van der Waals surface area contributed by atoms with Crippen molar-refractivity contribution in [3.8, 4) is 0 Å². The van der Waals surface area contributed by atoms with Crippen LogP contribution in [0.4, 0.5) is 36.4 Å². The summed E-state index contributed by atoms with van der Waals surface area (Å²) in [6.45, 7) is 0. The third-order valence-corrected chi connectivity index (χ3v) is 3.64. The molecule has 0 bridgehead atoms. The standard InChI is InChI=1S/C16H9F7N4O/c17-13(18)9-5-11(14(19)20)27-12(24-9)6-10(26-27)15(28)25-8-4-2-1-3-7(8)16(21,22)23/h1-6,13-14H,(H,25,28). The van der Waals surface area contributed by atoms with Gasteiger partial charge in [0.1, 0.15) is 11.4 Å². The van der Waals surface area contributed by atoms with Gasteiger partial charge in [0.15, 0.2) is 11.3 Å². The van der Waals surface area contributed by atoms with Crippen molar-refractivity contribution in [3.63, 3.8) is 0 Å². The van der Waals surface area contributed by atoms with Crippen LogP contribution in [0.15, 0.2) is 36.4 Å². The van der Waals surface area contributed by atoms with Crippen molar-refractivity contribution in [2.75, 3.05) is 5.32 Å². The molecule has 0 fully saturated rings. The number of rotatable bonds is 4. The minimum Gasteiger partial charge on any atom is -0.320 e. The van der Waals surface area contributed by atoms with Crippen LogP contribution < -0.4 is 5.32 Å². The zero-order valence-corrected chi connectivity index (χ0v) is 13.5. The molecule has 5 nitrogen and oxygen atoms in total. The van der Waals surface area contributed by atoms with E-state index in [1.807, 2.05) is 5.32 Å². The van der Waals surface area contributed by atoms with Crippen LogP contribution in [-0.2, 0) is 6.18 Å². The molecular formula is C16H9F7N4O. The number of fused-ring (bicyclic) bond motifs is 1. The molecule has 28 heavy (non-hydrogen) atoms. The fraction of sp³-hybridized carbons (Fsp3) is 0.188. The van der Waals surface area contributed by atoms with E-state index >= 15 is 0 Å². The van der Waals surface area contributed by atoms with Gasteiger partial charge in [-0.2, -0.15) is 18.3 Å². The summed E-state index contributed by atoms with van der Waals surface area (Å²) in [5.74, 6) is -1.15. The lowest BCUT2D eigenvalue weighted by Crippen LogP contribution is -2.17. The van der Waals surface area contributed by atoms with E-state index in [4.69, 9.17) is 0 Å². The first-order valence-corrected chi connectivity index (χ1v) is 7.52. The molecule has 1 aromatic carbocycles. The van der Waals surface area contributed by atoms with Gasteiger partial charge in [-0.15, -0.1) is 0 Å². The lowest BCUT2D eigenvalue weighted by atomic mass is 10.1. The molecule has 12 heteroatoms. The molecule has 3 rings (SSSR count). The highest BCUT2D eigenvalue weighted by Gasteiger charge is 2.34. The van der Waals surface area contributed by atoms with Gasteiger partial charge in [-0.3, -0.25) is 4.79 Å². The van der Waals surface area contributed by atoms with E-state index in [9.17, 15) is 35.5 Å². The summed E-state index contributed by atoms with van der Waals surface area (Å²) in [7, 11) is 0. The van der Waals surface area contributed by atoms with Crippen LogP contribution in [-0.4, -0.2) is 20.5 Å². The average Bonchev–Trinajstić information content (AvgIpc) is 3.04. The Morgan fingerprint density at radius 1 is 1.04 bits per heavy atom. The molecule has 0 unspecified atom stereocenters. The van der Waals surface area contributed by atoms with E-state index in [1.165, 1.54) is 6.07 Å². The molecule has 0 aliphatic carbocycles. The maximum Gasteiger partial charge on any atom is 0.418 e. The van der Waals surface area contributed by atoms with Gasteiger partial charge in [-0.25, -0.2) is 27.1 Å². The van der Waals surface area contributed by atoms with Crippen LogP contribution in [0, 0.1) is 0 Å². The number of aromatic nitrogens is 3. The first kappa shape index (κ1) is 19.6. The van der Waals surface area contributed by atoms with Crippen LogP contribution in [0.5, 0.6) is 0 Å². The van der Waals surface area contributed by atoms with Crippen LogP contribution in [0.25, 0.3) is 5.65 Å². The number of anilines is 1. The minimum atomic E-state index is -4.75. The lowest BCUT2D eigenvalue weighted by Gasteiger charge is -2.12. The number of amides is 1. The van der Waals surface area contributed by atoms with Crippen LogP contribution >= 0.6 is 0 Å². The Balaban J connectivity index is 2.01. The first-order chi connectivity index (χ1) is 13.1. The number of carbonyl (C=O) groups is 1. The number of benzene rings is 1. The molecule has 0 aliphatic rings. The second kappa shape index (κ2) is 7.09. The zero-order valence-electron chi connectivity index (χ0n) is 13.5. The third-order valence-electron chi connectivity index (χ3n) is 3.64. The summed E-state index contributed by atoms with van der Waals surface area (Å²) < 4.78 is 91.4. The number of halogens is 7. The summed E-state index contributed by atoms with van der Waals surface area (Å²) in [5, 5.41) is 5.54. The quantitative estimate of drug-likeness (QED) is 0.629. The first-order valence-electron chi connectivity index (χ1n) is 7.52. The van der Waals surface area contributed by atoms with Crippen molar-refractivity contribution in [1.82, 2.24) is 14.6 Å². The predicted molar refractivity (Wildman–Crippen MR) is 82.3 cm³/mol. The average molecular weight is 406 g/mol. The Labute approximate surface area is 151 Å². The SMILES string of the molecule is O=C(Nc1ccccc1C(F)(F)F)c1cc2nc(C(F)F)cc(C(F)F)n2n1. The molecule has 0 radical (unpaired) electrons. The second-order valence-corrected chi connectivity index (χ2v) is 5.50. The number of carbonyl (C=O) groups excluding carboxylic acids is 1. The van der Waals surface area contributed by atoms with E-state index in [1.54, 1.807) is 0 Å². The molecule has 0 saturated heterocycles. The highest BCUT2D eigenvalue weighted by molar-refractivity contribution is 6.04. The van der Waals surface area contributed by atoms with Crippen molar-refractivity contribution in [2.45, 2.75) is 19.0 Å². The molecule has 2 heterocycles. The summed E-state index contributed by atoms with van der Waals surface area (Å²) in [6, 6.07) is 5.37. The Hall–Kier alpha value is -3.18. The Morgan fingerprint density at radius 3 is 2.32 bits per heavy atom. The molecule has 0 saturated carbocycles. The van der Waals surface area contributed by atoms with Gasteiger partial charge < -0.3 is 5.32 Å². The van der Waals surface area contributed by atoms with Gasteiger partial charge in [0.25, 0.3) is 18.8 Å². The Bertz CT molecular complexity index is 1030. The lowest BCUT2D eigenvalue weighted by molar-refractivity contribution is -0.136. The summed E-state index contributed by atoms with van der Waals surface area (Å²) >= 11 is 0. The molecule has 148 valence electrons. The molecular weight excluding hydrogens is 397 g/mol. The normalized spacial score (nSPS) is 12.2. The molecule has 0 atom stereocenters. The fourth-order valence-corrected chi connectivity index (χ4v) is 2.42. The van der Waals surface area contributed by atoms with Crippen molar-refractivity contribution >= 4 is 17.2 Å². The van der Waals surface area contributed by atoms with E-state index < -0.39 is 58.9 Å². The third kappa shape index (κ3) is 3.75. The fourth-order valence-electron chi connectivity index (χ4n) is 2.42. The monoisotopic (exact) mass is 406 g/mol. The number of hydrogen-bond acceptors (Lipinski definition) is 3. The molecule has 0 aliphatic heterocycles. The molecule has 0 spiro atoms. The van der Waals surface area contributed by atoms with E-state index in [-0.39, 0.29) is 0 Å². The molecule has 1 N–H and O–H groups in total. The number of hydrogen-bond donors (Lipinski definition) is 1. The summed E-state index contributed by atoms with van der Waals surface area (Å²) in [5.41, 5.74) is -4.63. The molecule has 1 amide bonds. The zero-order chi connectivity index (χ0) is 20.6. The van der Waals surface area contributed by atoms with E-state index in [2.05, 4.69) is 10.1 Å². The highest BCUT2D eigenvalue weighted by Crippen LogP contribution is 2.34. The Kier molecular flexibility index (Phi) is 4.96. The van der Waals surface area contributed by atoms with Crippen LogP contribution in [0.3, 0.4) is 0 Å². The summed E-state index contributed by atoms with van der Waals surface area (Å²) in [6.07, 6.45) is -11.1. The largest absolute Gasteiger partial charge is 0.418 e. The van der Waals surface area contributed by atoms with Crippen molar-refractivity contribution < 1.29 is 35.5 Å². The summed E-state index contributed by atoms with van der Waals surface area (Å²) in [4.78, 5) is 15.7. The predicted octanol–water partition coefficient (Wildman–Crippen LogP) is 4.88. The van der Waals surface area contributed by atoms with Crippen molar-refractivity contribution in [2.24, 2.45) is 0 Å². The topological polar surface area (TPSA) is 59.3 Å². The van der Waals surface area contributed by atoms with Crippen molar-refractivity contribution in [3.05, 3.63) is 59.0 Å². The molecule has 3 aromatic rings. The Morgan fingerprint density at radius 2 is 1.71 bits per heavy atom. The van der Waals surface area contributed by atoms with Gasteiger partial charge in [-0.05, 0) is 18.2 Å². The maximum atomic E-state index is 13.1. The smallest absolute Gasteiger partial charge is 0.320 e. The van der Waals surface area contributed by atoms with Gasteiger partial charge in [0.2, 0.25) is 0 Å². The molecule has 2 aromatic heterocycles. The number of nitrogens with one attached hydrogen (secondary N) is 1. The highest BCUT2D eigenvalue weighted by atomic mass is 19.4. The van der Waals surface area contributed by atoms with Gasteiger partial charge in [-0.1, -0.05) is 12.1 Å². The van der Waals surface area contributed by atoms with Gasteiger partial charge in [0, 0.05) is 6.07 Å². The minimum absolute atomic E-state index is 0.440. The van der Waals surface area contributed by atoms with E-state index in [0.29, 0.717) is 10.6 Å². The number of para-hydroxylation sites is 1. The second-order valence-electron chi connectivity index (χ2n) is 5.50. The van der Waals surface area contributed by atoms with Gasteiger partial charge >= 0.3 is 6.18 Å². The van der Waals surface area contributed by atoms with Crippen LogP contribution in [0.1, 0.15) is 40.3 Å². The number of nitrogens with zero attached hydrogens (tertiary/aromatic N) is 3. The van der Waals surface area contributed by atoms with E-state index in [0.717, 1.165) is 24.3 Å². The number of alkyl halides is 7. The maximum absolute atomic E-state index is 13.1.